The number of methoxy groups -OCH3 is 1. The monoisotopic (exact) mass is 432 g/mol. The van der Waals surface area contributed by atoms with E-state index in [2.05, 4.69) is 66.7 Å². The van der Waals surface area contributed by atoms with Gasteiger partial charge in [0.2, 0.25) is 0 Å². The van der Waals surface area contributed by atoms with Crippen molar-refractivity contribution in [3.8, 4) is 0 Å². The fraction of sp³-hybridized carbons (Fsp3) is 0.500. The first-order chi connectivity index (χ1) is 15.0. The topological polar surface area (TPSA) is 26.3 Å². The molecule has 2 aromatic rings. The Labute approximate surface area is 195 Å². The van der Waals surface area contributed by atoms with E-state index in [1.807, 2.05) is 24.3 Å². The molecular weight excluding hydrogens is 392 g/mol. The molecule has 172 valence electrons. The highest BCUT2D eigenvalue weighted by Crippen LogP contribution is 2.50. The molecule has 0 bridgehead atoms. The zero-order valence-electron chi connectivity index (χ0n) is 21.3. The molecule has 0 spiro atoms. The number of ether oxygens (including phenoxy) is 1. The number of hydrogen-bond donors (Lipinski definition) is 0. The summed E-state index contributed by atoms with van der Waals surface area (Å²) >= 11 is 0. The SMILES string of the molecule is CCC(C)CCc1cc2c(cc1/C(C)=C/c1ccc(C(=O)OC)cc1)C(C)(C)CC2(C)C. The van der Waals surface area contributed by atoms with Crippen molar-refractivity contribution in [2.75, 3.05) is 7.11 Å². The molecule has 0 saturated carbocycles. The molecule has 2 heteroatoms. The fourth-order valence-electron chi connectivity index (χ4n) is 5.40. The number of hydrogen-bond acceptors (Lipinski definition) is 2. The molecule has 0 radical (unpaired) electrons. The van der Waals surface area contributed by atoms with Crippen LogP contribution in [0.2, 0.25) is 0 Å². The zero-order valence-corrected chi connectivity index (χ0v) is 21.3. The van der Waals surface area contributed by atoms with Gasteiger partial charge in [-0.25, -0.2) is 4.79 Å². The summed E-state index contributed by atoms with van der Waals surface area (Å²) in [5.74, 6) is 0.434. The zero-order chi connectivity index (χ0) is 23.7. The Morgan fingerprint density at radius 3 is 2.22 bits per heavy atom. The normalized spacial score (nSPS) is 17.7. The van der Waals surface area contributed by atoms with Gasteiger partial charge < -0.3 is 4.74 Å². The molecule has 2 nitrogen and oxygen atoms in total. The molecule has 0 fully saturated rings. The summed E-state index contributed by atoms with van der Waals surface area (Å²) in [6.07, 6.45) is 6.97. The molecule has 0 aliphatic heterocycles. The summed E-state index contributed by atoms with van der Waals surface area (Å²) in [5.41, 5.74) is 9.22. The van der Waals surface area contributed by atoms with Crippen molar-refractivity contribution in [2.45, 2.75) is 85.0 Å². The highest BCUT2D eigenvalue weighted by Gasteiger charge is 2.42. The summed E-state index contributed by atoms with van der Waals surface area (Å²) in [4.78, 5) is 11.7. The van der Waals surface area contributed by atoms with Crippen LogP contribution in [0.25, 0.3) is 11.6 Å². The van der Waals surface area contributed by atoms with E-state index < -0.39 is 0 Å². The van der Waals surface area contributed by atoms with Gasteiger partial charge in [0.1, 0.15) is 0 Å². The molecule has 0 saturated heterocycles. The minimum Gasteiger partial charge on any atom is -0.465 e. The van der Waals surface area contributed by atoms with Crippen molar-refractivity contribution in [1.82, 2.24) is 0 Å². The lowest BCUT2D eigenvalue weighted by molar-refractivity contribution is 0.0600. The molecule has 1 unspecified atom stereocenters. The molecule has 1 aliphatic rings. The third-order valence-corrected chi connectivity index (χ3v) is 7.33. The number of fused-ring (bicyclic) bond motifs is 1. The van der Waals surface area contributed by atoms with Crippen LogP contribution in [0.5, 0.6) is 0 Å². The predicted molar refractivity (Wildman–Crippen MR) is 136 cm³/mol. The summed E-state index contributed by atoms with van der Waals surface area (Å²) < 4.78 is 4.82. The first kappa shape index (κ1) is 24.3. The second-order valence-electron chi connectivity index (χ2n) is 11.0. The number of carbonyl (C=O) groups is 1. The molecule has 0 aromatic heterocycles. The van der Waals surface area contributed by atoms with Gasteiger partial charge in [0, 0.05) is 0 Å². The summed E-state index contributed by atoms with van der Waals surface area (Å²) in [7, 11) is 1.41. The maximum atomic E-state index is 11.7. The first-order valence-electron chi connectivity index (χ1n) is 12.0. The Hall–Kier alpha value is -2.35. The number of aryl methyl sites for hydroxylation is 1. The number of benzene rings is 2. The molecule has 0 heterocycles. The third-order valence-electron chi connectivity index (χ3n) is 7.33. The standard InChI is InChI=1S/C30H40O2/c1-9-20(2)10-13-24-17-26-27(30(6,7)19-29(26,4)5)18-25(24)21(3)16-22-11-14-23(15-12-22)28(31)32-8/h11-12,14-18,20H,9-10,13,19H2,1-8H3/b21-16+. The average molecular weight is 433 g/mol. The minimum absolute atomic E-state index is 0.186. The van der Waals surface area contributed by atoms with Crippen molar-refractivity contribution in [1.29, 1.82) is 0 Å². The number of esters is 1. The lowest BCUT2D eigenvalue weighted by atomic mass is 9.82. The van der Waals surface area contributed by atoms with Crippen LogP contribution in [0.3, 0.4) is 0 Å². The minimum atomic E-state index is -0.298. The van der Waals surface area contributed by atoms with Crippen molar-refractivity contribution >= 4 is 17.6 Å². The maximum Gasteiger partial charge on any atom is 0.337 e. The predicted octanol–water partition coefficient (Wildman–Crippen LogP) is 7.97. The van der Waals surface area contributed by atoms with E-state index in [1.54, 1.807) is 0 Å². The van der Waals surface area contributed by atoms with Gasteiger partial charge in [-0.05, 0) is 88.5 Å². The largest absolute Gasteiger partial charge is 0.465 e. The highest BCUT2D eigenvalue weighted by molar-refractivity contribution is 5.90. The highest BCUT2D eigenvalue weighted by atomic mass is 16.5. The third kappa shape index (κ3) is 5.00. The second kappa shape index (κ2) is 9.25. The van der Waals surface area contributed by atoms with E-state index in [9.17, 15) is 4.79 Å². The summed E-state index contributed by atoms with van der Waals surface area (Å²) in [5, 5.41) is 0. The van der Waals surface area contributed by atoms with Crippen molar-refractivity contribution < 1.29 is 9.53 Å². The molecule has 1 aliphatic carbocycles. The molecule has 2 aromatic carbocycles. The van der Waals surface area contributed by atoms with Crippen LogP contribution < -0.4 is 0 Å². The molecular formula is C30H40O2. The Morgan fingerprint density at radius 2 is 1.66 bits per heavy atom. The fourth-order valence-corrected chi connectivity index (χ4v) is 5.40. The summed E-state index contributed by atoms with van der Waals surface area (Å²) in [6.45, 7) is 16.4. The Balaban J connectivity index is 2.05. The van der Waals surface area contributed by atoms with Gasteiger partial charge in [0.15, 0.2) is 0 Å². The van der Waals surface area contributed by atoms with Crippen molar-refractivity contribution in [3.63, 3.8) is 0 Å². The molecule has 0 amide bonds. The molecule has 3 rings (SSSR count). The van der Waals surface area contributed by atoms with Gasteiger partial charge in [-0.15, -0.1) is 0 Å². The van der Waals surface area contributed by atoms with E-state index in [0.717, 1.165) is 17.9 Å². The van der Waals surface area contributed by atoms with E-state index >= 15 is 0 Å². The van der Waals surface area contributed by atoms with Crippen LogP contribution in [0.1, 0.15) is 106 Å². The van der Waals surface area contributed by atoms with Crippen molar-refractivity contribution in [3.05, 3.63) is 69.8 Å². The van der Waals surface area contributed by atoms with Gasteiger partial charge in [0.25, 0.3) is 0 Å². The van der Waals surface area contributed by atoms with Crippen LogP contribution in [0, 0.1) is 5.92 Å². The van der Waals surface area contributed by atoms with Crippen LogP contribution in [-0.4, -0.2) is 13.1 Å². The van der Waals surface area contributed by atoms with Gasteiger partial charge in [-0.3, -0.25) is 0 Å². The van der Waals surface area contributed by atoms with E-state index in [-0.39, 0.29) is 16.8 Å². The van der Waals surface area contributed by atoms with Gasteiger partial charge in [-0.1, -0.05) is 78.3 Å². The summed E-state index contributed by atoms with van der Waals surface area (Å²) in [6, 6.07) is 12.7. The molecule has 1 atom stereocenters. The van der Waals surface area contributed by atoms with E-state index in [1.165, 1.54) is 54.2 Å². The number of carbonyl (C=O) groups excluding carboxylic acids is 1. The molecule has 32 heavy (non-hydrogen) atoms. The lowest BCUT2D eigenvalue weighted by Gasteiger charge is -2.22. The average Bonchev–Trinajstić information content (AvgIpc) is 2.94. The smallest absolute Gasteiger partial charge is 0.337 e. The Kier molecular flexibility index (Phi) is 7.03. The second-order valence-corrected chi connectivity index (χ2v) is 11.0. The van der Waals surface area contributed by atoms with E-state index in [4.69, 9.17) is 4.74 Å². The first-order valence-corrected chi connectivity index (χ1v) is 12.0. The van der Waals surface area contributed by atoms with E-state index in [0.29, 0.717) is 5.56 Å². The van der Waals surface area contributed by atoms with Crippen LogP contribution >= 0.6 is 0 Å². The van der Waals surface area contributed by atoms with Crippen molar-refractivity contribution in [2.24, 2.45) is 5.92 Å². The van der Waals surface area contributed by atoms with Crippen LogP contribution in [0.4, 0.5) is 0 Å². The van der Waals surface area contributed by atoms with Crippen LogP contribution in [0.15, 0.2) is 36.4 Å². The van der Waals surface area contributed by atoms with Gasteiger partial charge >= 0.3 is 5.97 Å². The molecule has 0 N–H and O–H groups in total. The van der Waals surface area contributed by atoms with Crippen LogP contribution in [-0.2, 0) is 22.0 Å². The Bertz CT molecular complexity index is 1010. The lowest BCUT2D eigenvalue weighted by Crippen LogP contribution is -2.18. The Morgan fingerprint density at radius 1 is 1.06 bits per heavy atom. The quantitative estimate of drug-likeness (QED) is 0.327. The maximum absolute atomic E-state index is 11.7. The van der Waals surface area contributed by atoms with Gasteiger partial charge in [0.05, 0.1) is 12.7 Å². The number of allylic oxidation sites excluding steroid dienone is 1. The number of rotatable bonds is 7. The van der Waals surface area contributed by atoms with Gasteiger partial charge in [-0.2, -0.15) is 0 Å².